The molecule has 1 saturated heterocycles. The molecular weight excluding hydrogens is 545 g/mol. The zero-order chi connectivity index (χ0) is 22.4. The van der Waals surface area contributed by atoms with Crippen molar-refractivity contribution in [2.45, 2.75) is 38.0 Å². The van der Waals surface area contributed by atoms with E-state index in [-0.39, 0.29) is 43.1 Å². The number of likely N-dealkylation sites (tertiary alicyclic amines) is 1. The number of ether oxygens (including phenoxy) is 1. The molecule has 0 saturated carbocycles. The lowest BCUT2D eigenvalue weighted by Crippen LogP contribution is -2.45. The number of nitrogens with one attached hydrogen (secondary N) is 2. The third-order valence-corrected chi connectivity index (χ3v) is 4.28. The topological polar surface area (TPSA) is 69.1 Å². The molecule has 1 aliphatic rings. The minimum absolute atomic E-state index is 0. The van der Waals surface area contributed by atoms with Gasteiger partial charge in [-0.2, -0.15) is 13.2 Å². The normalized spacial score (nSPS) is 19.0. The fraction of sp³-hybridized carbons (Fsp3) is 0.611. The van der Waals surface area contributed by atoms with E-state index in [0.717, 1.165) is 12.1 Å². The second kappa shape index (κ2) is 11.9. The van der Waals surface area contributed by atoms with Gasteiger partial charge in [-0.1, -0.05) is 12.1 Å². The van der Waals surface area contributed by atoms with Crippen molar-refractivity contribution in [2.75, 3.05) is 32.7 Å². The highest BCUT2D eigenvalue weighted by Crippen LogP contribution is 2.24. The van der Waals surface area contributed by atoms with Crippen molar-refractivity contribution >= 4 is 29.9 Å². The van der Waals surface area contributed by atoms with Gasteiger partial charge in [0.1, 0.15) is 5.75 Å². The predicted octanol–water partition coefficient (Wildman–Crippen LogP) is 3.43. The maximum Gasteiger partial charge on any atom is 0.573 e. The third kappa shape index (κ3) is 10.6. The molecule has 0 radical (unpaired) electrons. The molecule has 6 nitrogen and oxygen atoms in total. The van der Waals surface area contributed by atoms with Crippen molar-refractivity contribution in [3.63, 3.8) is 0 Å². The van der Waals surface area contributed by atoms with E-state index < -0.39 is 30.9 Å². The van der Waals surface area contributed by atoms with E-state index in [4.69, 9.17) is 0 Å². The Kier molecular flexibility index (Phi) is 10.6. The molecule has 1 aromatic carbocycles. The molecule has 3 N–H and O–H groups in total. The van der Waals surface area contributed by atoms with Crippen LogP contribution in [0, 0.1) is 0 Å². The highest BCUT2D eigenvalue weighted by atomic mass is 127. The number of hydrogen-bond donors (Lipinski definition) is 3. The van der Waals surface area contributed by atoms with Crippen LogP contribution in [0.4, 0.5) is 26.3 Å². The second-order valence-electron chi connectivity index (χ2n) is 6.83. The van der Waals surface area contributed by atoms with Gasteiger partial charge in [-0.05, 0) is 31.0 Å². The van der Waals surface area contributed by atoms with Crippen LogP contribution in [-0.4, -0.2) is 67.3 Å². The van der Waals surface area contributed by atoms with Crippen LogP contribution in [0.1, 0.15) is 25.0 Å². The smallest absolute Gasteiger partial charge is 0.406 e. The van der Waals surface area contributed by atoms with E-state index in [1.807, 2.05) is 6.92 Å². The molecule has 1 fully saturated rings. The second-order valence-corrected chi connectivity index (χ2v) is 6.83. The van der Waals surface area contributed by atoms with Crippen molar-refractivity contribution < 1.29 is 36.2 Å². The van der Waals surface area contributed by atoms with Crippen LogP contribution in [0.5, 0.6) is 5.75 Å². The van der Waals surface area contributed by atoms with Crippen LogP contribution in [0.2, 0.25) is 0 Å². The lowest BCUT2D eigenvalue weighted by atomic mass is 10.1. The Labute approximate surface area is 193 Å². The van der Waals surface area contributed by atoms with Gasteiger partial charge in [0.25, 0.3) is 0 Å². The quantitative estimate of drug-likeness (QED) is 0.203. The predicted molar refractivity (Wildman–Crippen MR) is 114 cm³/mol. The molecular formula is C18H25F6IN4O2. The summed E-state index contributed by atoms with van der Waals surface area (Å²) >= 11 is 0. The van der Waals surface area contributed by atoms with Crippen molar-refractivity contribution in [1.82, 2.24) is 15.5 Å². The number of rotatable bonds is 7. The molecule has 0 amide bonds. The summed E-state index contributed by atoms with van der Waals surface area (Å²) in [6, 6.07) is 4.56. The zero-order valence-corrected chi connectivity index (χ0v) is 19.0. The average molecular weight is 570 g/mol. The summed E-state index contributed by atoms with van der Waals surface area (Å²) in [4.78, 5) is 5.53. The largest absolute Gasteiger partial charge is 0.573 e. The summed E-state index contributed by atoms with van der Waals surface area (Å²) in [5, 5.41) is 16.2. The highest BCUT2D eigenvalue weighted by molar-refractivity contribution is 14.0. The lowest BCUT2D eigenvalue weighted by Gasteiger charge is -2.20. The Bertz CT molecular complexity index is 700. The number of nitrogens with zero attached hydrogens (tertiary/aromatic N) is 2. The lowest BCUT2D eigenvalue weighted by molar-refractivity contribution is -0.274. The summed E-state index contributed by atoms with van der Waals surface area (Å²) in [6.45, 7) is 1.79. The van der Waals surface area contributed by atoms with Crippen molar-refractivity contribution in [3.05, 3.63) is 29.8 Å². The number of alkyl halides is 6. The monoisotopic (exact) mass is 570 g/mol. The summed E-state index contributed by atoms with van der Waals surface area (Å²) in [5.41, 5.74) is 0.348. The van der Waals surface area contributed by atoms with Gasteiger partial charge in [0.15, 0.2) is 5.96 Å². The first-order valence-corrected chi connectivity index (χ1v) is 9.33. The van der Waals surface area contributed by atoms with Crippen LogP contribution >= 0.6 is 24.0 Å². The Morgan fingerprint density at radius 2 is 1.87 bits per heavy atom. The van der Waals surface area contributed by atoms with Gasteiger partial charge in [0.05, 0.1) is 19.2 Å². The summed E-state index contributed by atoms with van der Waals surface area (Å²) in [7, 11) is 0. The molecule has 31 heavy (non-hydrogen) atoms. The van der Waals surface area contributed by atoms with Gasteiger partial charge < -0.3 is 20.5 Å². The molecule has 13 heteroatoms. The Morgan fingerprint density at radius 1 is 1.23 bits per heavy atom. The SMILES string of the molecule is CCNC(=NCC(O)c1ccc(OC(F)(F)F)cc1)NC1CCN(CC(F)(F)F)C1.I. The minimum Gasteiger partial charge on any atom is -0.406 e. The Hall–Kier alpha value is -1.48. The number of aliphatic hydroxyl groups is 1. The van der Waals surface area contributed by atoms with Gasteiger partial charge in [0.2, 0.25) is 0 Å². The first-order valence-electron chi connectivity index (χ1n) is 9.33. The third-order valence-electron chi connectivity index (χ3n) is 4.28. The standard InChI is InChI=1S/C18H24F6N4O2.HI/c1-2-25-16(27-13-7-8-28(10-13)11-17(19,20)21)26-9-15(29)12-3-5-14(6-4-12)30-18(22,23)24;/h3-6,13,15,29H,2,7-11H2,1H3,(H2,25,26,27);1H. The van der Waals surface area contributed by atoms with E-state index in [1.54, 1.807) is 0 Å². The van der Waals surface area contributed by atoms with E-state index >= 15 is 0 Å². The fourth-order valence-electron chi connectivity index (χ4n) is 3.04. The van der Waals surface area contributed by atoms with E-state index in [0.29, 0.717) is 31.0 Å². The van der Waals surface area contributed by atoms with Gasteiger partial charge in [-0.25, -0.2) is 0 Å². The van der Waals surface area contributed by atoms with E-state index in [1.165, 1.54) is 17.0 Å². The molecule has 178 valence electrons. The van der Waals surface area contributed by atoms with Gasteiger partial charge in [-0.15, -0.1) is 37.1 Å². The minimum atomic E-state index is -4.80. The van der Waals surface area contributed by atoms with Crippen molar-refractivity contribution in [2.24, 2.45) is 4.99 Å². The van der Waals surface area contributed by atoms with Crippen LogP contribution in [0.15, 0.2) is 29.3 Å². The first kappa shape index (κ1) is 27.6. The Morgan fingerprint density at radius 3 is 2.42 bits per heavy atom. The number of aliphatic imine (C=N–C) groups is 1. The van der Waals surface area contributed by atoms with Crippen LogP contribution in [0.25, 0.3) is 0 Å². The van der Waals surface area contributed by atoms with Gasteiger partial charge >= 0.3 is 12.5 Å². The van der Waals surface area contributed by atoms with Crippen LogP contribution in [0.3, 0.4) is 0 Å². The molecule has 2 atom stereocenters. The fourth-order valence-corrected chi connectivity index (χ4v) is 3.04. The molecule has 0 aliphatic carbocycles. The van der Waals surface area contributed by atoms with Gasteiger partial charge in [-0.3, -0.25) is 9.89 Å². The van der Waals surface area contributed by atoms with Crippen molar-refractivity contribution in [3.8, 4) is 5.75 Å². The molecule has 0 bridgehead atoms. The van der Waals surface area contributed by atoms with E-state index in [2.05, 4.69) is 20.4 Å². The van der Waals surface area contributed by atoms with E-state index in [9.17, 15) is 31.4 Å². The molecule has 1 aliphatic heterocycles. The molecule has 2 rings (SSSR count). The van der Waals surface area contributed by atoms with Crippen molar-refractivity contribution in [1.29, 1.82) is 0 Å². The maximum atomic E-state index is 12.5. The molecule has 0 aromatic heterocycles. The number of hydrogen-bond acceptors (Lipinski definition) is 4. The highest BCUT2D eigenvalue weighted by Gasteiger charge is 2.34. The van der Waals surface area contributed by atoms with Crippen LogP contribution in [-0.2, 0) is 0 Å². The van der Waals surface area contributed by atoms with Gasteiger partial charge in [0, 0.05) is 25.7 Å². The number of guanidine groups is 1. The first-order chi connectivity index (χ1) is 13.9. The molecule has 0 spiro atoms. The summed E-state index contributed by atoms with van der Waals surface area (Å²) in [6.07, 6.45) is -9.61. The molecule has 2 unspecified atom stereocenters. The summed E-state index contributed by atoms with van der Waals surface area (Å²) < 4.78 is 77.9. The number of halogens is 7. The molecule has 1 aromatic rings. The summed E-state index contributed by atoms with van der Waals surface area (Å²) in [5.74, 6) is -0.0611. The number of aliphatic hydroxyl groups excluding tert-OH is 1. The Balaban J connectivity index is 0.00000480. The average Bonchev–Trinajstić information content (AvgIpc) is 3.03. The molecule has 1 heterocycles. The number of benzene rings is 1. The zero-order valence-electron chi connectivity index (χ0n) is 16.6. The van der Waals surface area contributed by atoms with Crippen LogP contribution < -0.4 is 15.4 Å². The maximum absolute atomic E-state index is 12.5.